The first kappa shape index (κ1) is 12.6. The van der Waals surface area contributed by atoms with Gasteiger partial charge in [-0.15, -0.1) is 0 Å². The molecular weight excluding hydrogens is 234 g/mol. The van der Waals surface area contributed by atoms with E-state index in [9.17, 15) is 8.42 Å². The normalized spacial score (nSPS) is 23.5. The molecule has 1 saturated heterocycles. The van der Waals surface area contributed by atoms with Crippen LogP contribution in [0.5, 0.6) is 0 Å². The fourth-order valence-electron chi connectivity index (χ4n) is 2.29. The summed E-state index contributed by atoms with van der Waals surface area (Å²) in [6.07, 6.45) is 0.626. The minimum absolute atomic E-state index is 0.266. The van der Waals surface area contributed by atoms with Gasteiger partial charge >= 0.3 is 0 Å². The summed E-state index contributed by atoms with van der Waals surface area (Å²) in [7, 11) is -2.91. The van der Waals surface area contributed by atoms with Crippen molar-refractivity contribution in [3.05, 3.63) is 34.9 Å². The predicted molar refractivity (Wildman–Crippen MR) is 70.1 cm³/mol. The summed E-state index contributed by atoms with van der Waals surface area (Å²) >= 11 is 0. The van der Waals surface area contributed by atoms with Crippen molar-refractivity contribution in [2.45, 2.75) is 25.5 Å². The number of hydrogen-bond acceptors (Lipinski definition) is 3. The van der Waals surface area contributed by atoms with E-state index < -0.39 is 9.84 Å². The van der Waals surface area contributed by atoms with Gasteiger partial charge in [0.15, 0.2) is 9.84 Å². The van der Waals surface area contributed by atoms with Gasteiger partial charge in [0.2, 0.25) is 0 Å². The number of hydrogen-bond donors (Lipinski definition) is 1. The number of benzene rings is 1. The van der Waals surface area contributed by atoms with Crippen molar-refractivity contribution in [1.29, 1.82) is 0 Å². The lowest BCUT2D eigenvalue weighted by molar-refractivity contribution is 0.543. The Morgan fingerprint density at radius 3 is 2.76 bits per heavy atom. The molecule has 0 aliphatic carbocycles. The Morgan fingerprint density at radius 1 is 1.35 bits per heavy atom. The molecule has 0 saturated carbocycles. The molecule has 0 spiro atoms. The molecule has 3 nitrogen and oxygen atoms in total. The number of sulfone groups is 1. The molecule has 2 rings (SSSR count). The molecule has 1 aromatic carbocycles. The van der Waals surface area contributed by atoms with E-state index in [4.69, 9.17) is 0 Å². The van der Waals surface area contributed by atoms with Gasteiger partial charge in [0.1, 0.15) is 0 Å². The first-order chi connectivity index (χ1) is 7.99. The summed E-state index contributed by atoms with van der Waals surface area (Å²) in [5.74, 6) is 0.266. The standard InChI is InChI=1S/C13H19NO2S/c1-10-3-4-12(11(2)7-10)8-13-9-14-5-6-17(13,15)16/h3-4,7,13-14H,5-6,8-9H2,1-2H3. The van der Waals surface area contributed by atoms with Crippen molar-refractivity contribution >= 4 is 9.84 Å². The molecule has 0 amide bonds. The van der Waals surface area contributed by atoms with Gasteiger partial charge in [-0.3, -0.25) is 0 Å². The van der Waals surface area contributed by atoms with Crippen LogP contribution in [0.4, 0.5) is 0 Å². The molecule has 0 bridgehead atoms. The number of aryl methyl sites for hydroxylation is 2. The minimum atomic E-state index is -2.91. The van der Waals surface area contributed by atoms with Crippen molar-refractivity contribution in [3.8, 4) is 0 Å². The molecule has 17 heavy (non-hydrogen) atoms. The largest absolute Gasteiger partial charge is 0.314 e. The maximum absolute atomic E-state index is 11.9. The van der Waals surface area contributed by atoms with E-state index in [0.29, 0.717) is 19.5 Å². The third kappa shape index (κ3) is 2.87. The zero-order chi connectivity index (χ0) is 12.5. The molecule has 1 heterocycles. The van der Waals surface area contributed by atoms with Gasteiger partial charge in [-0.2, -0.15) is 0 Å². The van der Waals surface area contributed by atoms with Crippen LogP contribution >= 0.6 is 0 Å². The highest BCUT2D eigenvalue weighted by atomic mass is 32.2. The van der Waals surface area contributed by atoms with Gasteiger partial charge in [-0.1, -0.05) is 23.8 Å². The lowest BCUT2D eigenvalue weighted by atomic mass is 10.0. The maximum Gasteiger partial charge on any atom is 0.155 e. The lowest BCUT2D eigenvalue weighted by Crippen LogP contribution is -2.45. The molecular formula is C13H19NO2S. The van der Waals surface area contributed by atoms with E-state index in [1.54, 1.807) is 0 Å². The van der Waals surface area contributed by atoms with E-state index in [1.807, 2.05) is 13.0 Å². The first-order valence-electron chi connectivity index (χ1n) is 5.97. The molecule has 1 unspecified atom stereocenters. The second-order valence-corrected chi connectivity index (χ2v) is 7.23. The monoisotopic (exact) mass is 253 g/mol. The van der Waals surface area contributed by atoms with Gasteiger partial charge in [-0.25, -0.2) is 8.42 Å². The highest BCUT2D eigenvalue weighted by Crippen LogP contribution is 2.17. The Bertz CT molecular complexity index is 508. The fourth-order valence-corrected chi connectivity index (χ4v) is 3.86. The third-order valence-corrected chi connectivity index (χ3v) is 5.51. The van der Waals surface area contributed by atoms with Crippen molar-refractivity contribution in [1.82, 2.24) is 5.32 Å². The van der Waals surface area contributed by atoms with E-state index in [0.717, 1.165) is 5.56 Å². The minimum Gasteiger partial charge on any atom is -0.314 e. The van der Waals surface area contributed by atoms with Crippen molar-refractivity contribution in [2.24, 2.45) is 0 Å². The Balaban J connectivity index is 2.20. The molecule has 1 aliphatic heterocycles. The summed E-state index contributed by atoms with van der Waals surface area (Å²) in [6, 6.07) is 6.21. The molecule has 1 N–H and O–H groups in total. The molecule has 0 radical (unpaired) electrons. The third-order valence-electron chi connectivity index (χ3n) is 3.39. The molecule has 4 heteroatoms. The summed E-state index contributed by atoms with van der Waals surface area (Å²) < 4.78 is 23.8. The maximum atomic E-state index is 11.9. The summed E-state index contributed by atoms with van der Waals surface area (Å²) in [6.45, 7) is 5.27. The van der Waals surface area contributed by atoms with Gasteiger partial charge < -0.3 is 5.32 Å². The Morgan fingerprint density at radius 2 is 2.12 bits per heavy atom. The fraction of sp³-hybridized carbons (Fsp3) is 0.538. The zero-order valence-corrected chi connectivity index (χ0v) is 11.2. The summed E-state index contributed by atoms with van der Waals surface area (Å²) in [5, 5.41) is 2.90. The SMILES string of the molecule is Cc1ccc(CC2CNCCS2(=O)=O)c(C)c1. The molecule has 1 fully saturated rings. The zero-order valence-electron chi connectivity index (χ0n) is 10.4. The van der Waals surface area contributed by atoms with Gasteiger partial charge in [0, 0.05) is 13.1 Å². The highest BCUT2D eigenvalue weighted by molar-refractivity contribution is 7.92. The quantitative estimate of drug-likeness (QED) is 0.862. The van der Waals surface area contributed by atoms with Gasteiger partial charge in [-0.05, 0) is 31.4 Å². The van der Waals surface area contributed by atoms with Crippen LogP contribution in [0.2, 0.25) is 0 Å². The second kappa shape index (κ2) is 4.78. The van der Waals surface area contributed by atoms with E-state index in [2.05, 4.69) is 24.4 Å². The van der Waals surface area contributed by atoms with Crippen LogP contribution in [-0.2, 0) is 16.3 Å². The Kier molecular flexibility index (Phi) is 3.54. The molecule has 0 aromatic heterocycles. The second-order valence-electron chi connectivity index (χ2n) is 4.83. The van der Waals surface area contributed by atoms with Crippen molar-refractivity contribution in [2.75, 3.05) is 18.8 Å². The molecule has 1 aliphatic rings. The lowest BCUT2D eigenvalue weighted by Gasteiger charge is -2.24. The average Bonchev–Trinajstić information content (AvgIpc) is 2.24. The van der Waals surface area contributed by atoms with Crippen LogP contribution in [0.15, 0.2) is 18.2 Å². The smallest absolute Gasteiger partial charge is 0.155 e. The summed E-state index contributed by atoms with van der Waals surface area (Å²) in [4.78, 5) is 0. The van der Waals surface area contributed by atoms with Gasteiger partial charge in [0.05, 0.1) is 11.0 Å². The molecule has 1 atom stereocenters. The Labute approximate surface area is 103 Å². The topological polar surface area (TPSA) is 46.2 Å². The van der Waals surface area contributed by atoms with Crippen LogP contribution in [0.1, 0.15) is 16.7 Å². The van der Waals surface area contributed by atoms with Crippen molar-refractivity contribution in [3.63, 3.8) is 0 Å². The number of rotatable bonds is 2. The highest BCUT2D eigenvalue weighted by Gasteiger charge is 2.28. The average molecular weight is 253 g/mol. The van der Waals surface area contributed by atoms with Crippen LogP contribution in [-0.4, -0.2) is 32.5 Å². The van der Waals surface area contributed by atoms with Crippen LogP contribution < -0.4 is 5.32 Å². The van der Waals surface area contributed by atoms with E-state index in [-0.39, 0.29) is 11.0 Å². The number of nitrogens with one attached hydrogen (secondary N) is 1. The Hall–Kier alpha value is -0.870. The first-order valence-corrected chi connectivity index (χ1v) is 7.69. The van der Waals surface area contributed by atoms with Crippen LogP contribution in [0.25, 0.3) is 0 Å². The van der Waals surface area contributed by atoms with E-state index in [1.165, 1.54) is 11.1 Å². The van der Waals surface area contributed by atoms with Gasteiger partial charge in [0.25, 0.3) is 0 Å². The van der Waals surface area contributed by atoms with Crippen LogP contribution in [0, 0.1) is 13.8 Å². The van der Waals surface area contributed by atoms with E-state index >= 15 is 0 Å². The summed E-state index contributed by atoms with van der Waals surface area (Å²) in [5.41, 5.74) is 3.55. The van der Waals surface area contributed by atoms with Crippen molar-refractivity contribution < 1.29 is 8.42 Å². The van der Waals surface area contributed by atoms with Crippen LogP contribution in [0.3, 0.4) is 0 Å². The molecule has 1 aromatic rings. The molecule has 94 valence electrons. The predicted octanol–water partition coefficient (Wildman–Crippen LogP) is 1.23.